The lowest BCUT2D eigenvalue weighted by molar-refractivity contribution is 0.0733. The molecular formula is C21H12O7S. The van der Waals surface area contributed by atoms with Gasteiger partial charge in [0.25, 0.3) is 0 Å². The molecule has 144 valence electrons. The summed E-state index contributed by atoms with van der Waals surface area (Å²) >= 11 is 0. The van der Waals surface area contributed by atoms with Gasteiger partial charge in [-0.3, -0.25) is 4.79 Å². The Bertz CT molecular complexity index is 1310. The molecule has 3 aromatic rings. The van der Waals surface area contributed by atoms with Gasteiger partial charge in [0, 0.05) is 17.2 Å². The Labute approximate surface area is 165 Å². The molecule has 0 saturated carbocycles. The molecule has 2 aliphatic rings. The van der Waals surface area contributed by atoms with E-state index in [2.05, 4.69) is 0 Å². The molecule has 0 radical (unpaired) electrons. The van der Waals surface area contributed by atoms with E-state index in [0.717, 1.165) is 0 Å². The number of hydrogen-bond acceptors (Lipinski definition) is 7. The molecular weight excluding hydrogens is 396 g/mol. The highest BCUT2D eigenvalue weighted by Gasteiger charge is 2.35. The molecule has 0 aliphatic carbocycles. The van der Waals surface area contributed by atoms with Gasteiger partial charge in [0.05, 0.1) is 15.4 Å². The van der Waals surface area contributed by atoms with E-state index in [1.807, 2.05) is 0 Å². The number of ketones is 1. The number of hydrogen-bond donors (Lipinski definition) is 0. The maximum atomic E-state index is 13.0. The smallest absolute Gasteiger partial charge is 0.343 e. The van der Waals surface area contributed by atoms with Gasteiger partial charge >= 0.3 is 5.97 Å². The lowest BCUT2D eigenvalue weighted by Gasteiger charge is -2.19. The Balaban J connectivity index is 1.51. The van der Waals surface area contributed by atoms with Gasteiger partial charge in [-0.25, -0.2) is 13.2 Å². The minimum absolute atomic E-state index is 0.0113. The van der Waals surface area contributed by atoms with Crippen LogP contribution in [0.1, 0.15) is 26.3 Å². The summed E-state index contributed by atoms with van der Waals surface area (Å²) in [5.74, 6) is 0.0582. The number of fused-ring (bicyclic) bond motifs is 3. The number of benzene rings is 3. The fourth-order valence-electron chi connectivity index (χ4n) is 3.32. The molecule has 8 heteroatoms. The minimum atomic E-state index is -3.94. The average Bonchev–Trinajstić information content (AvgIpc) is 3.20. The van der Waals surface area contributed by atoms with Gasteiger partial charge in [-0.05, 0) is 42.5 Å². The molecule has 29 heavy (non-hydrogen) atoms. The van der Waals surface area contributed by atoms with Crippen LogP contribution in [0.3, 0.4) is 0 Å². The Morgan fingerprint density at radius 1 is 0.862 bits per heavy atom. The summed E-state index contributed by atoms with van der Waals surface area (Å²) in [5, 5.41) is 0. The summed E-state index contributed by atoms with van der Waals surface area (Å²) in [7, 11) is -3.94. The van der Waals surface area contributed by atoms with Crippen molar-refractivity contribution < 1.29 is 32.2 Å². The molecule has 0 N–H and O–H groups in total. The molecule has 0 bridgehead atoms. The Hall–Kier alpha value is -3.65. The number of carbonyl (C=O) groups excluding carboxylic acids is 2. The second-order valence-corrected chi connectivity index (χ2v) is 8.33. The first-order valence-corrected chi connectivity index (χ1v) is 10.1. The second-order valence-electron chi connectivity index (χ2n) is 6.44. The molecule has 3 aromatic carbocycles. The van der Waals surface area contributed by atoms with Crippen LogP contribution in [0, 0.1) is 0 Å². The van der Waals surface area contributed by atoms with Crippen LogP contribution in [0.5, 0.6) is 17.2 Å². The van der Waals surface area contributed by atoms with Crippen LogP contribution in [0.15, 0.2) is 70.5 Å². The fraction of sp³-hybridized carbons (Fsp3) is 0.0476. The van der Waals surface area contributed by atoms with Gasteiger partial charge in [0.15, 0.2) is 17.3 Å². The van der Waals surface area contributed by atoms with Gasteiger partial charge in [0.2, 0.25) is 16.6 Å². The van der Waals surface area contributed by atoms with Crippen LogP contribution < -0.4 is 14.2 Å². The van der Waals surface area contributed by atoms with Crippen molar-refractivity contribution in [3.05, 3.63) is 77.4 Å². The van der Waals surface area contributed by atoms with Crippen molar-refractivity contribution in [1.82, 2.24) is 0 Å². The SMILES string of the molecule is O=C(Oc1ccc2c(c1)OCO2)c1ccc2c(c1)S(=O)(=O)c1ccccc1C2=O. The van der Waals surface area contributed by atoms with Gasteiger partial charge in [-0.1, -0.05) is 12.1 Å². The third-order valence-corrected chi connectivity index (χ3v) is 6.58. The van der Waals surface area contributed by atoms with E-state index in [1.54, 1.807) is 24.3 Å². The van der Waals surface area contributed by atoms with E-state index in [9.17, 15) is 18.0 Å². The molecule has 0 atom stereocenters. The Morgan fingerprint density at radius 3 is 2.48 bits per heavy atom. The van der Waals surface area contributed by atoms with Crippen LogP contribution >= 0.6 is 0 Å². The molecule has 0 unspecified atom stereocenters. The van der Waals surface area contributed by atoms with Crippen molar-refractivity contribution in [2.75, 3.05) is 6.79 Å². The zero-order chi connectivity index (χ0) is 20.2. The van der Waals surface area contributed by atoms with E-state index < -0.39 is 21.6 Å². The Morgan fingerprint density at radius 2 is 1.62 bits per heavy atom. The zero-order valence-electron chi connectivity index (χ0n) is 14.7. The summed E-state index contributed by atoms with van der Waals surface area (Å²) in [6.45, 7) is 0.0882. The van der Waals surface area contributed by atoms with Gasteiger partial charge < -0.3 is 14.2 Å². The standard InChI is InChI=1S/C21H12O7S/c22-20-14-3-1-2-4-18(14)29(24,25)19-9-12(5-7-15(19)20)21(23)28-13-6-8-16-17(10-13)27-11-26-16/h1-10H,11H2. The molecule has 0 aromatic heterocycles. The Kier molecular flexibility index (Phi) is 3.72. The van der Waals surface area contributed by atoms with Crippen molar-refractivity contribution >= 4 is 21.6 Å². The van der Waals surface area contributed by atoms with Crippen LogP contribution in [0.2, 0.25) is 0 Å². The summed E-state index contributed by atoms with van der Waals surface area (Å²) < 4.78 is 41.7. The maximum absolute atomic E-state index is 13.0. The third kappa shape index (κ3) is 2.68. The number of rotatable bonds is 2. The first kappa shape index (κ1) is 17.4. The van der Waals surface area contributed by atoms with Crippen molar-refractivity contribution in [3.8, 4) is 17.2 Å². The van der Waals surface area contributed by atoms with Crippen molar-refractivity contribution in [2.24, 2.45) is 0 Å². The highest BCUT2D eigenvalue weighted by Crippen LogP contribution is 2.36. The monoisotopic (exact) mass is 408 g/mol. The van der Waals surface area contributed by atoms with Crippen LogP contribution in [0.4, 0.5) is 0 Å². The molecule has 7 nitrogen and oxygen atoms in total. The van der Waals surface area contributed by atoms with Crippen molar-refractivity contribution in [2.45, 2.75) is 9.79 Å². The number of esters is 1. The first-order chi connectivity index (χ1) is 13.9. The van der Waals surface area contributed by atoms with Crippen LogP contribution in [-0.4, -0.2) is 27.0 Å². The van der Waals surface area contributed by atoms with Gasteiger partial charge in [-0.2, -0.15) is 0 Å². The number of sulfone groups is 1. The number of ether oxygens (including phenoxy) is 3. The molecule has 0 fully saturated rings. The molecule has 0 amide bonds. The lowest BCUT2D eigenvalue weighted by Crippen LogP contribution is -2.21. The van der Waals surface area contributed by atoms with Crippen LogP contribution in [-0.2, 0) is 9.84 Å². The highest BCUT2D eigenvalue weighted by molar-refractivity contribution is 7.91. The van der Waals surface area contributed by atoms with Crippen LogP contribution in [0.25, 0.3) is 0 Å². The topological polar surface area (TPSA) is 96.0 Å². The first-order valence-electron chi connectivity index (χ1n) is 8.60. The highest BCUT2D eigenvalue weighted by atomic mass is 32.2. The number of carbonyl (C=O) groups is 2. The van der Waals surface area contributed by atoms with Gasteiger partial charge in [-0.15, -0.1) is 0 Å². The predicted molar refractivity (Wildman–Crippen MR) is 99.3 cm³/mol. The quantitative estimate of drug-likeness (QED) is 0.372. The average molecular weight is 408 g/mol. The van der Waals surface area contributed by atoms with E-state index in [0.29, 0.717) is 11.5 Å². The minimum Gasteiger partial charge on any atom is -0.454 e. The van der Waals surface area contributed by atoms with Crippen molar-refractivity contribution in [3.63, 3.8) is 0 Å². The molecule has 0 saturated heterocycles. The molecule has 0 spiro atoms. The van der Waals surface area contributed by atoms with E-state index in [1.165, 1.54) is 36.4 Å². The summed E-state index contributed by atoms with van der Waals surface area (Å²) in [6, 6.07) is 14.5. The van der Waals surface area contributed by atoms with E-state index >= 15 is 0 Å². The van der Waals surface area contributed by atoms with E-state index in [-0.39, 0.29) is 39.0 Å². The molecule has 2 heterocycles. The largest absolute Gasteiger partial charge is 0.454 e. The van der Waals surface area contributed by atoms with Gasteiger partial charge in [0.1, 0.15) is 5.75 Å². The normalized spacial score (nSPS) is 15.4. The summed E-state index contributed by atoms with van der Waals surface area (Å²) in [5.41, 5.74) is 0.163. The third-order valence-electron chi connectivity index (χ3n) is 4.73. The fourth-order valence-corrected chi connectivity index (χ4v) is 4.99. The van der Waals surface area contributed by atoms with Crippen molar-refractivity contribution in [1.29, 1.82) is 0 Å². The van der Waals surface area contributed by atoms with E-state index in [4.69, 9.17) is 14.2 Å². The lowest BCUT2D eigenvalue weighted by atomic mass is 10.0. The summed E-state index contributed by atoms with van der Waals surface area (Å²) in [6.07, 6.45) is 0. The molecule has 2 aliphatic heterocycles. The summed E-state index contributed by atoms with van der Waals surface area (Å²) in [4.78, 5) is 25.0. The maximum Gasteiger partial charge on any atom is 0.343 e. The second kappa shape index (κ2) is 6.18. The zero-order valence-corrected chi connectivity index (χ0v) is 15.6. The predicted octanol–water partition coefficient (Wildman–Crippen LogP) is 3.01. The molecule has 5 rings (SSSR count).